The maximum atomic E-state index is 12.4. The number of aromatic nitrogens is 1. The van der Waals surface area contributed by atoms with Gasteiger partial charge in [0.25, 0.3) is 0 Å². The highest BCUT2D eigenvalue weighted by Crippen LogP contribution is 2.23. The predicted molar refractivity (Wildman–Crippen MR) is 109 cm³/mol. The number of halogens is 1. The quantitative estimate of drug-likeness (QED) is 0.724. The smallest absolute Gasteiger partial charge is 0.247 e. The van der Waals surface area contributed by atoms with Crippen molar-refractivity contribution in [3.8, 4) is 0 Å². The summed E-state index contributed by atoms with van der Waals surface area (Å²) < 4.78 is 0. The molecular weight excluding hydrogens is 360 g/mol. The lowest BCUT2D eigenvalue weighted by Gasteiger charge is -2.32. The number of hydrogen-bond acceptors (Lipinski definition) is 2. The van der Waals surface area contributed by atoms with E-state index in [2.05, 4.69) is 17.1 Å². The van der Waals surface area contributed by atoms with Gasteiger partial charge in [-0.2, -0.15) is 0 Å². The molecule has 4 nitrogen and oxygen atoms in total. The summed E-state index contributed by atoms with van der Waals surface area (Å²) in [6.07, 6.45) is 8.34. The second-order valence-electron chi connectivity index (χ2n) is 7.42. The van der Waals surface area contributed by atoms with Crippen LogP contribution in [-0.4, -0.2) is 28.9 Å². The number of aryl methyl sites for hydroxylation is 1. The summed E-state index contributed by atoms with van der Waals surface area (Å²) in [5, 5.41) is 0.778. The van der Waals surface area contributed by atoms with E-state index in [9.17, 15) is 9.59 Å². The van der Waals surface area contributed by atoms with Crippen molar-refractivity contribution in [3.05, 3.63) is 69.1 Å². The molecule has 3 rings (SSSR count). The Kier molecular flexibility index (Phi) is 7.11. The fourth-order valence-electron chi connectivity index (χ4n) is 3.70. The first-order valence-corrected chi connectivity index (χ1v) is 10.2. The van der Waals surface area contributed by atoms with Crippen molar-refractivity contribution in [1.82, 2.24) is 9.88 Å². The van der Waals surface area contributed by atoms with Crippen molar-refractivity contribution >= 4 is 17.5 Å². The number of nitrogens with one attached hydrogen (secondary N) is 1. The maximum Gasteiger partial charge on any atom is 0.247 e. The molecule has 2 heterocycles. The summed E-state index contributed by atoms with van der Waals surface area (Å²) in [6.45, 7) is 1.74. The molecule has 1 aromatic carbocycles. The number of rotatable bonds is 7. The zero-order chi connectivity index (χ0) is 19.1. The van der Waals surface area contributed by atoms with E-state index >= 15 is 0 Å². The number of carbonyl (C=O) groups is 1. The van der Waals surface area contributed by atoms with Crippen molar-refractivity contribution in [3.63, 3.8) is 0 Å². The van der Waals surface area contributed by atoms with Crippen molar-refractivity contribution in [2.24, 2.45) is 5.92 Å². The Morgan fingerprint density at radius 3 is 2.41 bits per heavy atom. The lowest BCUT2D eigenvalue weighted by Crippen LogP contribution is -2.38. The molecule has 0 aliphatic carbocycles. The molecule has 1 aromatic heterocycles. The average molecular weight is 387 g/mol. The second kappa shape index (κ2) is 9.75. The SMILES string of the molecule is O=C(CCCCc1ccc(=O)[nH]c1)N1CCC(Cc2ccc(Cl)cc2)CC1. The van der Waals surface area contributed by atoms with Gasteiger partial charge in [-0.1, -0.05) is 29.8 Å². The van der Waals surface area contributed by atoms with Gasteiger partial charge >= 0.3 is 0 Å². The van der Waals surface area contributed by atoms with Gasteiger partial charge in [0, 0.05) is 36.8 Å². The van der Waals surface area contributed by atoms with Gasteiger partial charge in [-0.15, -0.1) is 0 Å². The number of hydrogen-bond donors (Lipinski definition) is 1. The third kappa shape index (κ3) is 6.24. The molecule has 27 heavy (non-hydrogen) atoms. The van der Waals surface area contributed by atoms with Gasteiger partial charge in [0.05, 0.1) is 0 Å². The number of likely N-dealkylation sites (tertiary alicyclic amines) is 1. The van der Waals surface area contributed by atoms with Gasteiger partial charge in [-0.05, 0) is 67.7 Å². The lowest BCUT2D eigenvalue weighted by molar-refractivity contribution is -0.132. The summed E-state index contributed by atoms with van der Waals surface area (Å²) in [4.78, 5) is 28.2. The van der Waals surface area contributed by atoms with Gasteiger partial charge < -0.3 is 9.88 Å². The Balaban J connectivity index is 1.33. The molecule has 1 fully saturated rings. The molecule has 5 heteroatoms. The van der Waals surface area contributed by atoms with Crippen LogP contribution in [0.4, 0.5) is 0 Å². The molecule has 1 amide bonds. The minimum Gasteiger partial charge on any atom is -0.343 e. The number of piperidine rings is 1. The van der Waals surface area contributed by atoms with Crippen molar-refractivity contribution in [2.75, 3.05) is 13.1 Å². The standard InChI is InChI=1S/C22H27ClN2O2/c23-20-8-5-17(6-9-20)15-18-11-13-25(14-12-18)22(27)4-2-1-3-19-7-10-21(26)24-16-19/h5-10,16,18H,1-4,11-15H2,(H,24,26). The number of aromatic amines is 1. The normalized spacial score (nSPS) is 15.1. The Bertz CT molecular complexity index is 772. The van der Waals surface area contributed by atoms with Crippen LogP contribution in [0.15, 0.2) is 47.4 Å². The van der Waals surface area contributed by atoms with E-state index in [0.717, 1.165) is 62.2 Å². The number of benzene rings is 1. The van der Waals surface area contributed by atoms with Gasteiger partial charge in [-0.3, -0.25) is 9.59 Å². The van der Waals surface area contributed by atoms with Crippen molar-refractivity contribution in [2.45, 2.75) is 44.9 Å². The van der Waals surface area contributed by atoms with Gasteiger partial charge in [-0.25, -0.2) is 0 Å². The highest BCUT2D eigenvalue weighted by molar-refractivity contribution is 6.30. The fraction of sp³-hybridized carbons (Fsp3) is 0.455. The fourth-order valence-corrected chi connectivity index (χ4v) is 3.83. The average Bonchev–Trinajstić information content (AvgIpc) is 2.69. The first kappa shape index (κ1) is 19.7. The summed E-state index contributed by atoms with van der Waals surface area (Å²) in [5.74, 6) is 0.928. The molecule has 0 radical (unpaired) electrons. The molecule has 144 valence electrons. The van der Waals surface area contributed by atoms with E-state index in [4.69, 9.17) is 11.6 Å². The summed E-state index contributed by atoms with van der Waals surface area (Å²) in [5.41, 5.74) is 2.37. The molecular formula is C22H27ClN2O2. The van der Waals surface area contributed by atoms with Crippen molar-refractivity contribution < 1.29 is 4.79 Å². The van der Waals surface area contributed by atoms with Gasteiger partial charge in [0.15, 0.2) is 0 Å². The number of carbonyl (C=O) groups excluding carboxylic acids is 1. The van der Waals surface area contributed by atoms with Crippen LogP contribution >= 0.6 is 11.6 Å². The molecule has 0 atom stereocenters. The van der Waals surface area contributed by atoms with E-state index < -0.39 is 0 Å². The summed E-state index contributed by atoms with van der Waals surface area (Å²) >= 11 is 5.94. The van der Waals surface area contributed by atoms with Crippen LogP contribution in [0, 0.1) is 5.92 Å². The van der Waals surface area contributed by atoms with Crippen LogP contribution in [0.3, 0.4) is 0 Å². The van der Waals surface area contributed by atoms with Crippen LogP contribution in [0.1, 0.15) is 43.2 Å². The maximum absolute atomic E-state index is 12.4. The Hall–Kier alpha value is -2.07. The topological polar surface area (TPSA) is 53.2 Å². The third-order valence-corrected chi connectivity index (χ3v) is 5.61. The molecule has 0 unspecified atom stereocenters. The minimum atomic E-state index is -0.0756. The number of unbranched alkanes of at least 4 members (excludes halogenated alkanes) is 1. The van der Waals surface area contributed by atoms with E-state index in [1.54, 1.807) is 12.3 Å². The minimum absolute atomic E-state index is 0.0756. The number of pyridine rings is 1. The molecule has 1 aliphatic heterocycles. The van der Waals surface area contributed by atoms with Crippen LogP contribution in [-0.2, 0) is 17.6 Å². The van der Waals surface area contributed by atoms with Crippen LogP contribution in [0.2, 0.25) is 5.02 Å². The highest BCUT2D eigenvalue weighted by atomic mass is 35.5. The molecule has 1 aliphatic rings. The highest BCUT2D eigenvalue weighted by Gasteiger charge is 2.22. The first-order chi connectivity index (χ1) is 13.1. The summed E-state index contributed by atoms with van der Waals surface area (Å²) in [6, 6.07) is 11.5. The van der Waals surface area contributed by atoms with Crippen LogP contribution < -0.4 is 5.56 Å². The molecule has 2 aromatic rings. The monoisotopic (exact) mass is 386 g/mol. The Morgan fingerprint density at radius 2 is 1.74 bits per heavy atom. The summed E-state index contributed by atoms with van der Waals surface area (Å²) in [7, 11) is 0. The molecule has 0 saturated carbocycles. The number of H-pyrrole nitrogens is 1. The van der Waals surface area contributed by atoms with E-state index in [1.807, 2.05) is 23.1 Å². The van der Waals surface area contributed by atoms with Crippen LogP contribution in [0.25, 0.3) is 0 Å². The second-order valence-corrected chi connectivity index (χ2v) is 7.86. The van der Waals surface area contributed by atoms with E-state index in [-0.39, 0.29) is 11.5 Å². The predicted octanol–water partition coefficient (Wildman–Crippen LogP) is 4.22. The van der Waals surface area contributed by atoms with Crippen LogP contribution in [0.5, 0.6) is 0 Å². The zero-order valence-electron chi connectivity index (χ0n) is 15.6. The molecule has 0 bridgehead atoms. The Morgan fingerprint density at radius 1 is 1.04 bits per heavy atom. The van der Waals surface area contributed by atoms with E-state index in [1.165, 1.54) is 5.56 Å². The third-order valence-electron chi connectivity index (χ3n) is 5.36. The molecule has 1 N–H and O–H groups in total. The van der Waals surface area contributed by atoms with Gasteiger partial charge in [0.2, 0.25) is 11.5 Å². The van der Waals surface area contributed by atoms with E-state index in [0.29, 0.717) is 12.3 Å². The number of nitrogens with zero attached hydrogens (tertiary/aromatic N) is 1. The molecule has 0 spiro atoms. The van der Waals surface area contributed by atoms with Gasteiger partial charge in [0.1, 0.15) is 0 Å². The Labute approximate surface area is 165 Å². The van der Waals surface area contributed by atoms with Crippen molar-refractivity contribution in [1.29, 1.82) is 0 Å². The first-order valence-electron chi connectivity index (χ1n) is 9.80. The molecule has 1 saturated heterocycles. The number of amides is 1. The lowest BCUT2D eigenvalue weighted by atomic mass is 9.90. The zero-order valence-corrected chi connectivity index (χ0v) is 16.4. The largest absolute Gasteiger partial charge is 0.343 e.